The van der Waals surface area contributed by atoms with Gasteiger partial charge in [0.25, 0.3) is 0 Å². The molecule has 0 spiro atoms. The largest absolute Gasteiger partial charge is 0.497 e. The molecule has 0 radical (unpaired) electrons. The van der Waals surface area contributed by atoms with Crippen molar-refractivity contribution in [3.8, 4) is 5.75 Å². The van der Waals surface area contributed by atoms with E-state index in [2.05, 4.69) is 9.98 Å². The predicted octanol–water partition coefficient (Wildman–Crippen LogP) is 4.43. The van der Waals surface area contributed by atoms with E-state index in [0.29, 0.717) is 16.9 Å². The number of carbonyl (C=O) groups excluding carboxylic acids is 2. The summed E-state index contributed by atoms with van der Waals surface area (Å²) in [6, 6.07) is 20.4. The lowest BCUT2D eigenvalue weighted by Crippen LogP contribution is -2.09. The second-order valence-electron chi connectivity index (χ2n) is 8.71. The second kappa shape index (κ2) is 12.4. The number of carbonyl (C=O) groups is 2. The summed E-state index contributed by atoms with van der Waals surface area (Å²) in [5, 5.41) is 0. The van der Waals surface area contributed by atoms with E-state index in [-0.39, 0.29) is 24.7 Å². The Hall–Kier alpha value is -4.26. The van der Waals surface area contributed by atoms with Gasteiger partial charge in [-0.25, -0.2) is 0 Å². The molecule has 0 aromatic heterocycles. The molecule has 0 fully saturated rings. The van der Waals surface area contributed by atoms with Crippen LogP contribution in [-0.4, -0.2) is 72.4 Å². The minimum absolute atomic E-state index is 0.0447. The van der Waals surface area contributed by atoms with Crippen LogP contribution in [0.1, 0.15) is 31.8 Å². The van der Waals surface area contributed by atoms with Gasteiger partial charge < -0.3 is 14.5 Å². The van der Waals surface area contributed by atoms with Crippen molar-refractivity contribution in [3.63, 3.8) is 0 Å². The Bertz CT molecular complexity index is 1150. The fraction of sp³-hybridized carbons (Fsp3) is 0.241. The number of rotatable bonds is 11. The van der Waals surface area contributed by atoms with Crippen molar-refractivity contribution in [2.24, 2.45) is 9.98 Å². The zero-order valence-electron chi connectivity index (χ0n) is 21.4. The topological polar surface area (TPSA) is 74.6 Å². The summed E-state index contributed by atoms with van der Waals surface area (Å²) in [6.07, 6.45) is 3.28. The lowest BCUT2D eigenvalue weighted by atomic mass is 10.1. The number of methoxy groups -OCH3 is 1. The first-order valence-electron chi connectivity index (χ1n) is 11.6. The predicted molar refractivity (Wildman–Crippen MR) is 148 cm³/mol. The Morgan fingerprint density at radius 3 is 1.42 bits per heavy atom. The van der Waals surface area contributed by atoms with Crippen LogP contribution in [0.15, 0.2) is 76.7 Å². The first-order chi connectivity index (χ1) is 17.3. The van der Waals surface area contributed by atoms with E-state index in [1.165, 1.54) is 0 Å². The van der Waals surface area contributed by atoms with Crippen molar-refractivity contribution in [2.75, 3.05) is 58.2 Å². The van der Waals surface area contributed by atoms with E-state index < -0.39 is 0 Å². The molecule has 0 aliphatic rings. The minimum atomic E-state index is -0.0571. The Morgan fingerprint density at radius 1 is 0.694 bits per heavy atom. The SMILES string of the molecule is COc1cc(C=NCC(=O)c2ccc(N(C)C)cc2)cc(C=NCC(=O)c2ccc(N(C)C)cc2)c1. The van der Waals surface area contributed by atoms with Gasteiger partial charge in [-0.1, -0.05) is 0 Å². The molecule has 7 nitrogen and oxygen atoms in total. The molecule has 0 N–H and O–H groups in total. The quantitative estimate of drug-likeness (QED) is 0.297. The molecule has 0 bridgehead atoms. The first-order valence-corrected chi connectivity index (χ1v) is 11.6. The van der Waals surface area contributed by atoms with Crippen LogP contribution in [0.25, 0.3) is 0 Å². The van der Waals surface area contributed by atoms with Gasteiger partial charge in [-0.15, -0.1) is 0 Å². The fourth-order valence-corrected chi connectivity index (χ4v) is 3.45. The van der Waals surface area contributed by atoms with E-state index in [0.717, 1.165) is 22.5 Å². The molecule has 0 saturated carbocycles. The molecule has 186 valence electrons. The molecule has 3 aromatic rings. The normalized spacial score (nSPS) is 11.1. The Kier molecular flexibility index (Phi) is 9.11. The fourth-order valence-electron chi connectivity index (χ4n) is 3.45. The molecule has 3 rings (SSSR count). The number of hydrogen-bond donors (Lipinski definition) is 0. The zero-order valence-corrected chi connectivity index (χ0v) is 21.4. The summed E-state index contributed by atoms with van der Waals surface area (Å²) < 4.78 is 5.38. The van der Waals surface area contributed by atoms with Crippen LogP contribution >= 0.6 is 0 Å². The van der Waals surface area contributed by atoms with Gasteiger partial charge >= 0.3 is 0 Å². The highest BCUT2D eigenvalue weighted by molar-refractivity contribution is 6.00. The van der Waals surface area contributed by atoms with E-state index in [1.807, 2.05) is 105 Å². The average molecular weight is 485 g/mol. The van der Waals surface area contributed by atoms with E-state index in [1.54, 1.807) is 19.5 Å². The monoisotopic (exact) mass is 484 g/mol. The lowest BCUT2D eigenvalue weighted by Gasteiger charge is -2.12. The van der Waals surface area contributed by atoms with Crippen molar-refractivity contribution in [3.05, 3.63) is 89.0 Å². The first kappa shape index (κ1) is 26.3. The van der Waals surface area contributed by atoms with Crippen LogP contribution in [0, 0.1) is 0 Å². The third kappa shape index (κ3) is 7.37. The molecule has 0 aliphatic carbocycles. The number of Topliss-reactive ketones (excluding diaryl/α,β-unsaturated/α-hetero) is 2. The highest BCUT2D eigenvalue weighted by atomic mass is 16.5. The molecular weight excluding hydrogens is 452 g/mol. The van der Waals surface area contributed by atoms with Crippen molar-refractivity contribution in [1.82, 2.24) is 0 Å². The van der Waals surface area contributed by atoms with Gasteiger partial charge in [-0.3, -0.25) is 19.6 Å². The van der Waals surface area contributed by atoms with Crippen molar-refractivity contribution in [1.29, 1.82) is 0 Å². The van der Waals surface area contributed by atoms with Gasteiger partial charge in [-0.2, -0.15) is 0 Å². The lowest BCUT2D eigenvalue weighted by molar-refractivity contribution is 0.0994. The number of nitrogens with zero attached hydrogens (tertiary/aromatic N) is 4. The Labute approximate surface area is 212 Å². The van der Waals surface area contributed by atoms with Gasteiger partial charge in [0.1, 0.15) is 18.8 Å². The van der Waals surface area contributed by atoms with Crippen LogP contribution in [0.5, 0.6) is 5.75 Å². The van der Waals surface area contributed by atoms with Gasteiger partial charge in [0, 0.05) is 63.1 Å². The molecule has 3 aromatic carbocycles. The van der Waals surface area contributed by atoms with Crippen LogP contribution in [0.4, 0.5) is 11.4 Å². The minimum Gasteiger partial charge on any atom is -0.497 e. The van der Waals surface area contributed by atoms with E-state index in [4.69, 9.17) is 4.74 Å². The van der Waals surface area contributed by atoms with E-state index in [9.17, 15) is 9.59 Å². The third-order valence-electron chi connectivity index (χ3n) is 5.55. The molecule has 0 atom stereocenters. The summed E-state index contributed by atoms with van der Waals surface area (Å²) in [4.78, 5) is 37.5. The average Bonchev–Trinajstić information content (AvgIpc) is 2.88. The van der Waals surface area contributed by atoms with Gasteiger partial charge in [0.15, 0.2) is 11.6 Å². The molecule has 0 heterocycles. The molecule has 7 heteroatoms. The molecule has 0 unspecified atom stereocenters. The van der Waals surface area contributed by atoms with Crippen molar-refractivity contribution in [2.45, 2.75) is 0 Å². The van der Waals surface area contributed by atoms with Gasteiger partial charge in [0.05, 0.1) is 7.11 Å². The smallest absolute Gasteiger partial charge is 0.184 e. The second-order valence-corrected chi connectivity index (χ2v) is 8.71. The molecular formula is C29H32N4O3. The summed E-state index contributed by atoms with van der Waals surface area (Å²) in [7, 11) is 9.40. The van der Waals surface area contributed by atoms with Gasteiger partial charge in [-0.05, 0) is 77.9 Å². The van der Waals surface area contributed by atoms with Crippen LogP contribution in [0.2, 0.25) is 0 Å². The molecule has 0 aliphatic heterocycles. The molecule has 36 heavy (non-hydrogen) atoms. The third-order valence-corrected chi connectivity index (χ3v) is 5.55. The standard InChI is InChI=1S/C29H32N4O3/c1-32(2)25-10-6-23(7-11-25)28(34)19-30-17-21-14-22(16-27(15-21)36-5)18-31-20-29(35)24-8-12-26(13-9-24)33(3)4/h6-18H,19-20H2,1-5H3. The van der Waals surface area contributed by atoms with Crippen LogP contribution in [0.3, 0.4) is 0 Å². The highest BCUT2D eigenvalue weighted by Crippen LogP contribution is 2.16. The number of hydrogen-bond acceptors (Lipinski definition) is 7. The zero-order chi connectivity index (χ0) is 26.1. The summed E-state index contributed by atoms with van der Waals surface area (Å²) in [6.45, 7) is 0.0894. The Balaban J connectivity index is 1.63. The van der Waals surface area contributed by atoms with Crippen LogP contribution < -0.4 is 14.5 Å². The summed E-state index contributed by atoms with van der Waals surface area (Å²) in [5.74, 6) is 0.522. The van der Waals surface area contributed by atoms with Gasteiger partial charge in [0.2, 0.25) is 0 Å². The summed E-state index contributed by atoms with van der Waals surface area (Å²) in [5.41, 5.74) is 4.86. The maximum atomic E-state index is 12.5. The maximum Gasteiger partial charge on any atom is 0.184 e. The highest BCUT2D eigenvalue weighted by Gasteiger charge is 2.07. The summed E-state index contributed by atoms with van der Waals surface area (Å²) >= 11 is 0. The number of anilines is 2. The number of aliphatic imine (C=N–C) groups is 2. The number of benzene rings is 3. The number of ketones is 2. The van der Waals surface area contributed by atoms with Crippen LogP contribution in [-0.2, 0) is 0 Å². The van der Waals surface area contributed by atoms with E-state index >= 15 is 0 Å². The maximum absolute atomic E-state index is 12.5. The molecule has 0 amide bonds. The Morgan fingerprint density at radius 2 is 1.08 bits per heavy atom. The van der Waals surface area contributed by atoms with Crippen molar-refractivity contribution < 1.29 is 14.3 Å². The van der Waals surface area contributed by atoms with Crippen molar-refractivity contribution >= 4 is 35.4 Å². The molecule has 0 saturated heterocycles. The number of ether oxygens (including phenoxy) is 1.